The summed E-state index contributed by atoms with van der Waals surface area (Å²) in [5.74, 6) is 1.46. The van der Waals surface area contributed by atoms with Crippen molar-refractivity contribution in [3.63, 3.8) is 0 Å². The Morgan fingerprint density at radius 2 is 1.89 bits per heavy atom. The van der Waals surface area contributed by atoms with Crippen LogP contribution in [0.25, 0.3) is 0 Å². The number of aromatic nitrogens is 2. The monoisotopic (exact) mass is 307 g/mol. The maximum atomic E-state index is 5.73. The van der Waals surface area contributed by atoms with Gasteiger partial charge in [-0.3, -0.25) is 0 Å². The predicted molar refractivity (Wildman–Crippen MR) is 74.8 cm³/mol. The number of nitrogens with one attached hydrogen (secondary N) is 1. The number of hydrogen-bond acceptors (Lipinski definition) is 4. The van der Waals surface area contributed by atoms with Gasteiger partial charge in [-0.1, -0.05) is 18.2 Å². The van der Waals surface area contributed by atoms with E-state index in [0.29, 0.717) is 12.5 Å². The van der Waals surface area contributed by atoms with Crippen molar-refractivity contribution in [3.8, 4) is 5.75 Å². The van der Waals surface area contributed by atoms with Crippen LogP contribution in [-0.4, -0.2) is 22.6 Å². The van der Waals surface area contributed by atoms with Crippen molar-refractivity contribution in [3.05, 3.63) is 47.2 Å². The summed E-state index contributed by atoms with van der Waals surface area (Å²) in [6.45, 7) is 2.65. The number of para-hydroxylation sites is 1. The van der Waals surface area contributed by atoms with Crippen molar-refractivity contribution in [1.29, 1.82) is 0 Å². The Labute approximate surface area is 115 Å². The van der Waals surface area contributed by atoms with Gasteiger partial charge in [-0.15, -0.1) is 0 Å². The predicted octanol–water partition coefficient (Wildman–Crippen LogP) is 3.12. The molecule has 94 valence electrons. The maximum Gasteiger partial charge on any atom is 0.222 e. The number of ether oxygens (including phenoxy) is 1. The van der Waals surface area contributed by atoms with Crippen LogP contribution in [0.4, 0.5) is 5.95 Å². The van der Waals surface area contributed by atoms with Crippen molar-refractivity contribution in [2.75, 3.05) is 11.9 Å². The quantitative estimate of drug-likeness (QED) is 0.922. The van der Waals surface area contributed by atoms with Gasteiger partial charge in [-0.05, 0) is 35.0 Å². The smallest absolute Gasteiger partial charge is 0.222 e. The van der Waals surface area contributed by atoms with E-state index in [4.69, 9.17) is 4.74 Å². The lowest BCUT2D eigenvalue weighted by atomic mass is 10.3. The van der Waals surface area contributed by atoms with Crippen LogP contribution in [-0.2, 0) is 0 Å². The first-order valence-electron chi connectivity index (χ1n) is 5.67. The molecule has 0 aliphatic heterocycles. The second kappa shape index (κ2) is 6.35. The van der Waals surface area contributed by atoms with Crippen LogP contribution in [0.1, 0.15) is 6.92 Å². The normalized spacial score (nSPS) is 11.9. The zero-order valence-corrected chi connectivity index (χ0v) is 11.6. The third-order valence-electron chi connectivity index (χ3n) is 2.25. The molecule has 2 rings (SSSR count). The summed E-state index contributed by atoms with van der Waals surface area (Å²) in [4.78, 5) is 8.27. The fourth-order valence-corrected chi connectivity index (χ4v) is 1.62. The van der Waals surface area contributed by atoms with E-state index in [1.165, 1.54) is 0 Å². The Hall–Kier alpha value is -1.62. The van der Waals surface area contributed by atoms with Crippen molar-refractivity contribution in [2.45, 2.75) is 13.0 Å². The van der Waals surface area contributed by atoms with E-state index in [0.717, 1.165) is 10.2 Å². The van der Waals surface area contributed by atoms with E-state index in [9.17, 15) is 0 Å². The van der Waals surface area contributed by atoms with Crippen LogP contribution in [0.5, 0.6) is 5.75 Å². The average Bonchev–Trinajstić information content (AvgIpc) is 2.39. The van der Waals surface area contributed by atoms with Gasteiger partial charge < -0.3 is 10.1 Å². The van der Waals surface area contributed by atoms with Gasteiger partial charge >= 0.3 is 0 Å². The standard InChI is InChI=1S/C13H14BrN3O/c1-10(18-12-5-3-2-4-6-12)7-15-13-16-8-11(14)9-17-13/h2-6,8-10H,7H2,1H3,(H,15,16,17). The second-order valence-corrected chi connectivity index (χ2v) is 4.76. The van der Waals surface area contributed by atoms with Crippen LogP contribution in [0.3, 0.4) is 0 Å². The lowest BCUT2D eigenvalue weighted by Gasteiger charge is -2.15. The van der Waals surface area contributed by atoms with Gasteiger partial charge in [-0.25, -0.2) is 9.97 Å². The summed E-state index contributed by atoms with van der Waals surface area (Å²) in [6, 6.07) is 9.74. The maximum absolute atomic E-state index is 5.73. The second-order valence-electron chi connectivity index (χ2n) is 3.85. The van der Waals surface area contributed by atoms with Gasteiger partial charge in [-0.2, -0.15) is 0 Å². The molecule has 1 aromatic heterocycles. The molecular formula is C13H14BrN3O. The summed E-state index contributed by atoms with van der Waals surface area (Å²) in [6.07, 6.45) is 3.45. The van der Waals surface area contributed by atoms with E-state index < -0.39 is 0 Å². The summed E-state index contributed by atoms with van der Waals surface area (Å²) >= 11 is 3.29. The Morgan fingerprint density at radius 3 is 2.56 bits per heavy atom. The largest absolute Gasteiger partial charge is 0.489 e. The fraction of sp³-hybridized carbons (Fsp3) is 0.231. The number of hydrogen-bond donors (Lipinski definition) is 1. The highest BCUT2D eigenvalue weighted by molar-refractivity contribution is 9.10. The Kier molecular flexibility index (Phi) is 4.52. The minimum atomic E-state index is 0.0413. The molecule has 1 atom stereocenters. The first-order valence-corrected chi connectivity index (χ1v) is 6.46. The number of rotatable bonds is 5. The molecule has 4 nitrogen and oxygen atoms in total. The molecule has 1 unspecified atom stereocenters. The van der Waals surface area contributed by atoms with Crippen LogP contribution in [0.2, 0.25) is 0 Å². The van der Waals surface area contributed by atoms with Crippen molar-refractivity contribution in [2.24, 2.45) is 0 Å². The zero-order valence-electron chi connectivity index (χ0n) is 10.0. The highest BCUT2D eigenvalue weighted by Gasteiger charge is 2.04. The van der Waals surface area contributed by atoms with Gasteiger partial charge in [0, 0.05) is 12.4 Å². The van der Waals surface area contributed by atoms with Crippen molar-refractivity contribution < 1.29 is 4.74 Å². The Morgan fingerprint density at radius 1 is 1.22 bits per heavy atom. The van der Waals surface area contributed by atoms with Crippen LogP contribution in [0, 0.1) is 0 Å². The molecule has 0 aliphatic carbocycles. The van der Waals surface area contributed by atoms with E-state index in [-0.39, 0.29) is 6.10 Å². The highest BCUT2D eigenvalue weighted by Crippen LogP contribution is 2.11. The molecule has 0 bridgehead atoms. The molecule has 0 saturated heterocycles. The van der Waals surface area contributed by atoms with Crippen molar-refractivity contribution in [1.82, 2.24) is 9.97 Å². The summed E-state index contributed by atoms with van der Waals surface area (Å²) in [5.41, 5.74) is 0. The molecule has 0 saturated carbocycles. The zero-order chi connectivity index (χ0) is 12.8. The molecule has 2 aromatic rings. The van der Waals surface area contributed by atoms with E-state index >= 15 is 0 Å². The van der Waals surface area contributed by atoms with Gasteiger partial charge in [0.15, 0.2) is 0 Å². The minimum Gasteiger partial charge on any atom is -0.489 e. The SMILES string of the molecule is CC(CNc1ncc(Br)cn1)Oc1ccccc1. The molecule has 0 aliphatic rings. The van der Waals surface area contributed by atoms with Gasteiger partial charge in [0.2, 0.25) is 5.95 Å². The number of benzene rings is 1. The molecule has 5 heteroatoms. The van der Waals surface area contributed by atoms with Crippen LogP contribution >= 0.6 is 15.9 Å². The number of anilines is 1. The fourth-order valence-electron chi connectivity index (χ4n) is 1.41. The highest BCUT2D eigenvalue weighted by atomic mass is 79.9. The molecule has 0 amide bonds. The molecule has 1 aromatic carbocycles. The molecule has 1 N–H and O–H groups in total. The van der Waals surface area contributed by atoms with Gasteiger partial charge in [0.25, 0.3) is 0 Å². The Bertz CT molecular complexity index is 475. The third-order valence-corrected chi connectivity index (χ3v) is 2.66. The molecule has 0 fully saturated rings. The van der Waals surface area contributed by atoms with Crippen LogP contribution in [0.15, 0.2) is 47.2 Å². The molecule has 1 heterocycles. The summed E-state index contributed by atoms with van der Waals surface area (Å²) in [5, 5.41) is 3.12. The minimum absolute atomic E-state index is 0.0413. The van der Waals surface area contributed by atoms with E-state index in [1.807, 2.05) is 37.3 Å². The van der Waals surface area contributed by atoms with Gasteiger partial charge in [0.05, 0.1) is 11.0 Å². The third kappa shape index (κ3) is 4.00. The molecule has 18 heavy (non-hydrogen) atoms. The van der Waals surface area contributed by atoms with Crippen molar-refractivity contribution >= 4 is 21.9 Å². The van der Waals surface area contributed by atoms with E-state index in [1.54, 1.807) is 12.4 Å². The Balaban J connectivity index is 1.81. The molecule has 0 radical (unpaired) electrons. The summed E-state index contributed by atoms with van der Waals surface area (Å²) < 4.78 is 6.60. The van der Waals surface area contributed by atoms with Crippen LogP contribution < -0.4 is 10.1 Å². The lowest BCUT2D eigenvalue weighted by Crippen LogP contribution is -2.23. The first kappa shape index (κ1) is 12.8. The average molecular weight is 308 g/mol. The first-order chi connectivity index (χ1) is 8.74. The lowest BCUT2D eigenvalue weighted by molar-refractivity contribution is 0.234. The molecular weight excluding hydrogens is 294 g/mol. The topological polar surface area (TPSA) is 47.0 Å². The van der Waals surface area contributed by atoms with Gasteiger partial charge in [0.1, 0.15) is 11.9 Å². The number of nitrogens with zero attached hydrogens (tertiary/aromatic N) is 2. The van der Waals surface area contributed by atoms with E-state index in [2.05, 4.69) is 31.2 Å². The number of halogens is 1. The summed E-state index contributed by atoms with van der Waals surface area (Å²) in [7, 11) is 0. The molecule has 0 spiro atoms.